The lowest BCUT2D eigenvalue weighted by Crippen LogP contribution is -2.19. The van der Waals surface area contributed by atoms with Gasteiger partial charge in [-0.05, 0) is 12.1 Å². The van der Waals surface area contributed by atoms with Gasteiger partial charge in [-0.1, -0.05) is 24.3 Å². The Hall–Kier alpha value is -3.73. The van der Waals surface area contributed by atoms with Gasteiger partial charge in [0, 0.05) is 17.7 Å². The van der Waals surface area contributed by atoms with Crippen LogP contribution in [0, 0.1) is 21.4 Å². The smallest absolute Gasteiger partial charge is 0.344 e. The summed E-state index contributed by atoms with van der Waals surface area (Å²) in [5, 5.41) is 19.6. The van der Waals surface area contributed by atoms with Crippen LogP contribution in [0.5, 0.6) is 5.75 Å². The highest BCUT2D eigenvalue weighted by Gasteiger charge is 2.14. The zero-order valence-corrected chi connectivity index (χ0v) is 12.9. The summed E-state index contributed by atoms with van der Waals surface area (Å²) in [7, 11) is 0. The fourth-order valence-corrected chi connectivity index (χ4v) is 1.89. The number of ether oxygens (including phenoxy) is 2. The van der Waals surface area contributed by atoms with Crippen molar-refractivity contribution >= 4 is 17.4 Å². The minimum Gasteiger partial charge on any atom is -0.481 e. The Balaban J connectivity index is 1.87. The number of nitriles is 1. The van der Waals surface area contributed by atoms with Crippen LogP contribution in [0.1, 0.15) is 15.9 Å². The van der Waals surface area contributed by atoms with Gasteiger partial charge >= 0.3 is 5.97 Å². The minimum atomic E-state index is -0.800. The summed E-state index contributed by atoms with van der Waals surface area (Å²) in [5.41, 5.74) is 0.106. The lowest BCUT2D eigenvalue weighted by atomic mass is 10.1. The van der Waals surface area contributed by atoms with E-state index in [0.29, 0.717) is 0 Å². The Labute approximate surface area is 142 Å². The van der Waals surface area contributed by atoms with Gasteiger partial charge in [-0.15, -0.1) is 0 Å². The number of ketones is 1. The maximum Gasteiger partial charge on any atom is 0.344 e. The molecule has 0 amide bonds. The van der Waals surface area contributed by atoms with Gasteiger partial charge in [-0.25, -0.2) is 4.79 Å². The maximum atomic E-state index is 11.9. The number of nitrogens with zero attached hydrogens (tertiary/aromatic N) is 2. The second kappa shape index (κ2) is 8.21. The number of carbonyl (C=O) groups excluding carboxylic acids is 2. The Kier molecular flexibility index (Phi) is 5.79. The molecule has 0 aromatic heterocycles. The van der Waals surface area contributed by atoms with Crippen molar-refractivity contribution in [1.82, 2.24) is 0 Å². The van der Waals surface area contributed by atoms with Crippen molar-refractivity contribution in [2.45, 2.75) is 0 Å². The number of carbonyl (C=O) groups is 2. The second-order valence-corrected chi connectivity index (χ2v) is 4.79. The van der Waals surface area contributed by atoms with Crippen molar-refractivity contribution in [3.05, 3.63) is 69.8 Å². The van der Waals surface area contributed by atoms with Crippen LogP contribution in [-0.4, -0.2) is 29.9 Å². The first kappa shape index (κ1) is 17.6. The topological polar surface area (TPSA) is 120 Å². The lowest BCUT2D eigenvalue weighted by molar-refractivity contribution is -0.384. The molecule has 8 heteroatoms. The summed E-state index contributed by atoms with van der Waals surface area (Å²) in [6, 6.07) is 13.4. The van der Waals surface area contributed by atoms with Crippen molar-refractivity contribution in [2.75, 3.05) is 13.2 Å². The standard InChI is InChI=1S/C17H12N2O6/c18-9-13-4-1-2-7-16(13)24-11-17(21)25-10-15(20)12-5-3-6-14(8-12)19(22)23/h1-8H,10-11H2. The highest BCUT2D eigenvalue weighted by molar-refractivity contribution is 5.98. The molecule has 0 radical (unpaired) electrons. The molecule has 0 aliphatic carbocycles. The molecule has 0 aliphatic heterocycles. The lowest BCUT2D eigenvalue weighted by Gasteiger charge is -2.07. The van der Waals surface area contributed by atoms with Gasteiger partial charge in [-0.3, -0.25) is 14.9 Å². The third-order valence-corrected chi connectivity index (χ3v) is 3.10. The van der Waals surface area contributed by atoms with Crippen molar-refractivity contribution in [1.29, 1.82) is 5.26 Å². The number of hydrogen-bond donors (Lipinski definition) is 0. The molecular formula is C17H12N2O6. The van der Waals surface area contributed by atoms with Crippen LogP contribution < -0.4 is 4.74 Å². The number of Topliss-reactive ketones (excluding diaryl/α,β-unsaturated/α-hetero) is 1. The molecule has 2 aromatic carbocycles. The van der Waals surface area contributed by atoms with Crippen molar-refractivity contribution in [3.63, 3.8) is 0 Å². The van der Waals surface area contributed by atoms with Gasteiger partial charge in [0.05, 0.1) is 10.5 Å². The fourth-order valence-electron chi connectivity index (χ4n) is 1.89. The number of non-ortho nitro benzene ring substituents is 1. The van der Waals surface area contributed by atoms with Crippen LogP contribution in [-0.2, 0) is 9.53 Å². The third kappa shape index (κ3) is 4.87. The Bertz CT molecular complexity index is 856. The molecule has 0 N–H and O–H groups in total. The van der Waals surface area contributed by atoms with E-state index < -0.39 is 29.9 Å². The molecule has 2 aromatic rings. The molecule has 2 rings (SSSR count). The number of nitro groups is 1. The van der Waals surface area contributed by atoms with Gasteiger partial charge in [0.2, 0.25) is 5.78 Å². The summed E-state index contributed by atoms with van der Waals surface area (Å²) in [5.74, 6) is -1.15. The number of para-hydroxylation sites is 1. The Morgan fingerprint density at radius 1 is 1.12 bits per heavy atom. The van der Waals surface area contributed by atoms with Crippen molar-refractivity contribution in [3.8, 4) is 11.8 Å². The highest BCUT2D eigenvalue weighted by atomic mass is 16.6. The Morgan fingerprint density at radius 2 is 1.88 bits per heavy atom. The van der Waals surface area contributed by atoms with E-state index in [1.165, 1.54) is 30.3 Å². The van der Waals surface area contributed by atoms with Crippen LogP contribution >= 0.6 is 0 Å². The SMILES string of the molecule is N#Cc1ccccc1OCC(=O)OCC(=O)c1cccc([N+](=O)[O-])c1. The first-order valence-corrected chi connectivity index (χ1v) is 7.06. The zero-order chi connectivity index (χ0) is 18.2. The zero-order valence-electron chi connectivity index (χ0n) is 12.9. The number of esters is 1. The predicted molar refractivity (Wildman–Crippen MR) is 85.0 cm³/mol. The summed E-state index contributed by atoms with van der Waals surface area (Å²) in [6.07, 6.45) is 0. The second-order valence-electron chi connectivity index (χ2n) is 4.79. The molecular weight excluding hydrogens is 328 g/mol. The van der Waals surface area contributed by atoms with Gasteiger partial charge in [-0.2, -0.15) is 5.26 Å². The monoisotopic (exact) mass is 340 g/mol. The van der Waals surface area contributed by atoms with Crippen molar-refractivity contribution in [2.24, 2.45) is 0 Å². The van der Waals surface area contributed by atoms with E-state index in [1.54, 1.807) is 12.1 Å². The largest absolute Gasteiger partial charge is 0.481 e. The van der Waals surface area contributed by atoms with Gasteiger partial charge in [0.1, 0.15) is 11.8 Å². The van der Waals surface area contributed by atoms with E-state index in [4.69, 9.17) is 14.7 Å². The molecule has 126 valence electrons. The fraction of sp³-hybridized carbons (Fsp3) is 0.118. The van der Waals surface area contributed by atoms with Crippen LogP contribution in [0.15, 0.2) is 48.5 Å². The summed E-state index contributed by atoms with van der Waals surface area (Å²) >= 11 is 0. The molecule has 8 nitrogen and oxygen atoms in total. The van der Waals surface area contributed by atoms with Gasteiger partial charge < -0.3 is 9.47 Å². The van der Waals surface area contributed by atoms with E-state index in [0.717, 1.165) is 6.07 Å². The Morgan fingerprint density at radius 3 is 2.60 bits per heavy atom. The van der Waals surface area contributed by atoms with Gasteiger partial charge in [0.15, 0.2) is 13.2 Å². The summed E-state index contributed by atoms with van der Waals surface area (Å²) in [4.78, 5) is 33.6. The molecule has 0 unspecified atom stereocenters. The number of rotatable bonds is 7. The van der Waals surface area contributed by atoms with Gasteiger partial charge in [0.25, 0.3) is 5.69 Å². The number of nitro benzene ring substituents is 1. The molecule has 0 heterocycles. The van der Waals surface area contributed by atoms with Crippen molar-refractivity contribution < 1.29 is 24.0 Å². The van der Waals surface area contributed by atoms with E-state index in [2.05, 4.69) is 0 Å². The molecule has 25 heavy (non-hydrogen) atoms. The molecule has 0 fully saturated rings. The summed E-state index contributed by atoms with van der Waals surface area (Å²) in [6.45, 7) is -1.04. The number of benzene rings is 2. The third-order valence-electron chi connectivity index (χ3n) is 3.10. The van der Waals surface area contributed by atoms with E-state index in [-0.39, 0.29) is 22.6 Å². The highest BCUT2D eigenvalue weighted by Crippen LogP contribution is 2.16. The minimum absolute atomic E-state index is 0.0674. The predicted octanol–water partition coefficient (Wildman–Crippen LogP) is 2.27. The molecule has 0 atom stereocenters. The normalized spacial score (nSPS) is 9.72. The van der Waals surface area contributed by atoms with E-state index >= 15 is 0 Å². The van der Waals surface area contributed by atoms with Crippen LogP contribution in [0.3, 0.4) is 0 Å². The molecule has 0 aliphatic rings. The van der Waals surface area contributed by atoms with Crippen LogP contribution in [0.4, 0.5) is 5.69 Å². The molecule has 0 saturated carbocycles. The van der Waals surface area contributed by atoms with Crippen LogP contribution in [0.2, 0.25) is 0 Å². The average molecular weight is 340 g/mol. The molecule has 0 saturated heterocycles. The van der Waals surface area contributed by atoms with E-state index in [1.807, 2.05) is 6.07 Å². The maximum absolute atomic E-state index is 11.9. The van der Waals surface area contributed by atoms with E-state index in [9.17, 15) is 19.7 Å². The first-order chi connectivity index (χ1) is 12.0. The first-order valence-electron chi connectivity index (χ1n) is 7.06. The molecule has 0 bridgehead atoms. The number of hydrogen-bond acceptors (Lipinski definition) is 7. The summed E-state index contributed by atoms with van der Waals surface area (Å²) < 4.78 is 9.97. The quantitative estimate of drug-likeness (QED) is 0.328. The average Bonchev–Trinajstić information content (AvgIpc) is 2.64. The van der Waals surface area contributed by atoms with Crippen LogP contribution in [0.25, 0.3) is 0 Å². The molecule has 0 spiro atoms.